The van der Waals surface area contributed by atoms with Crippen molar-refractivity contribution in [3.8, 4) is 11.3 Å². The van der Waals surface area contributed by atoms with Crippen LogP contribution < -0.4 is 10.2 Å². The minimum Gasteiger partial charge on any atom is -0.376 e. The van der Waals surface area contributed by atoms with Gasteiger partial charge in [-0.2, -0.15) is 5.10 Å². The van der Waals surface area contributed by atoms with Crippen molar-refractivity contribution in [3.63, 3.8) is 0 Å². The maximum atomic E-state index is 12.6. The maximum Gasteiger partial charge on any atom is 0.257 e. The molecule has 0 saturated carbocycles. The fraction of sp³-hybridized carbons (Fsp3) is 0.211. The van der Waals surface area contributed by atoms with E-state index < -0.39 is 0 Å². The second-order valence-electron chi connectivity index (χ2n) is 6.15. The molecule has 3 rings (SSSR count). The third kappa shape index (κ3) is 3.52. The fourth-order valence-corrected chi connectivity index (χ4v) is 2.56. The molecule has 0 atom stereocenters. The van der Waals surface area contributed by atoms with Gasteiger partial charge >= 0.3 is 0 Å². The lowest BCUT2D eigenvalue weighted by molar-refractivity contribution is 0.102. The number of amides is 1. The van der Waals surface area contributed by atoms with Gasteiger partial charge < -0.3 is 10.2 Å². The number of hydrogen-bond donors (Lipinski definition) is 1. The highest BCUT2D eigenvalue weighted by Gasteiger charge is 2.11. The van der Waals surface area contributed by atoms with Crippen LogP contribution in [0.2, 0.25) is 0 Å². The third-order valence-corrected chi connectivity index (χ3v) is 4.10. The monoisotopic (exact) mass is 335 g/mol. The number of pyridine rings is 1. The SMILES string of the molecule is Cc1ccc(-c2ccnn2C)cc1NC(=O)c1cncc(N(C)C)c1. The normalized spacial score (nSPS) is 10.6. The Morgan fingerprint density at radius 3 is 2.64 bits per heavy atom. The van der Waals surface area contributed by atoms with E-state index in [0.717, 1.165) is 28.2 Å². The summed E-state index contributed by atoms with van der Waals surface area (Å²) in [5.41, 5.74) is 5.17. The quantitative estimate of drug-likeness (QED) is 0.796. The lowest BCUT2D eigenvalue weighted by atomic mass is 10.1. The lowest BCUT2D eigenvalue weighted by Crippen LogP contribution is -2.15. The van der Waals surface area contributed by atoms with E-state index in [1.165, 1.54) is 0 Å². The minimum atomic E-state index is -0.179. The summed E-state index contributed by atoms with van der Waals surface area (Å²) in [6.07, 6.45) is 5.06. The zero-order valence-corrected chi connectivity index (χ0v) is 14.8. The molecule has 0 aliphatic heterocycles. The Morgan fingerprint density at radius 2 is 1.96 bits per heavy atom. The van der Waals surface area contributed by atoms with Crippen LogP contribution in [0.5, 0.6) is 0 Å². The predicted octanol–water partition coefficient (Wildman–Crippen LogP) is 3.11. The molecule has 0 saturated heterocycles. The van der Waals surface area contributed by atoms with Crippen LogP contribution in [0.3, 0.4) is 0 Å². The maximum absolute atomic E-state index is 12.6. The van der Waals surface area contributed by atoms with Gasteiger partial charge in [0, 0.05) is 44.8 Å². The number of carbonyl (C=O) groups is 1. The number of nitrogens with zero attached hydrogens (tertiary/aromatic N) is 4. The highest BCUT2D eigenvalue weighted by atomic mass is 16.1. The smallest absolute Gasteiger partial charge is 0.257 e. The van der Waals surface area contributed by atoms with E-state index in [9.17, 15) is 4.79 Å². The van der Waals surface area contributed by atoms with Gasteiger partial charge in [-0.15, -0.1) is 0 Å². The number of hydrogen-bond acceptors (Lipinski definition) is 4. The average Bonchev–Trinajstić information content (AvgIpc) is 3.03. The summed E-state index contributed by atoms with van der Waals surface area (Å²) in [6, 6.07) is 9.75. The summed E-state index contributed by atoms with van der Waals surface area (Å²) in [5.74, 6) is -0.179. The Balaban J connectivity index is 1.89. The lowest BCUT2D eigenvalue weighted by Gasteiger charge is -2.14. The number of aromatic nitrogens is 3. The zero-order valence-electron chi connectivity index (χ0n) is 14.8. The standard InChI is InChI=1S/C19H21N5O/c1-13-5-6-14(18-7-8-21-24(18)4)10-17(13)22-19(25)15-9-16(23(2)3)12-20-11-15/h5-12H,1-4H3,(H,22,25). The summed E-state index contributed by atoms with van der Waals surface area (Å²) in [5, 5.41) is 7.18. The van der Waals surface area contributed by atoms with E-state index in [1.807, 2.05) is 63.3 Å². The molecule has 128 valence electrons. The van der Waals surface area contributed by atoms with Crippen LogP contribution >= 0.6 is 0 Å². The molecule has 0 bridgehead atoms. The zero-order chi connectivity index (χ0) is 18.0. The van der Waals surface area contributed by atoms with Gasteiger partial charge in [-0.1, -0.05) is 12.1 Å². The first kappa shape index (κ1) is 16.7. The first-order chi connectivity index (χ1) is 12.0. The molecular weight excluding hydrogens is 314 g/mol. The highest BCUT2D eigenvalue weighted by Crippen LogP contribution is 2.25. The number of anilines is 2. The second kappa shape index (κ2) is 6.76. The molecule has 2 heterocycles. The summed E-state index contributed by atoms with van der Waals surface area (Å²) < 4.78 is 1.81. The molecule has 0 aliphatic carbocycles. The van der Waals surface area contributed by atoms with Gasteiger partial charge in [-0.25, -0.2) is 0 Å². The van der Waals surface area contributed by atoms with Gasteiger partial charge in [0.1, 0.15) is 0 Å². The summed E-state index contributed by atoms with van der Waals surface area (Å²) in [6.45, 7) is 1.97. The number of aryl methyl sites for hydroxylation is 2. The largest absolute Gasteiger partial charge is 0.376 e. The third-order valence-electron chi connectivity index (χ3n) is 4.10. The van der Waals surface area contributed by atoms with Crippen LogP contribution in [0.25, 0.3) is 11.3 Å². The molecule has 25 heavy (non-hydrogen) atoms. The molecule has 1 amide bonds. The first-order valence-electron chi connectivity index (χ1n) is 7.98. The van der Waals surface area contributed by atoms with Crippen LogP contribution in [0.15, 0.2) is 48.9 Å². The summed E-state index contributed by atoms with van der Waals surface area (Å²) >= 11 is 0. The van der Waals surface area contributed by atoms with Crippen LogP contribution in [-0.2, 0) is 7.05 Å². The molecule has 0 unspecified atom stereocenters. The molecule has 0 aliphatic rings. The number of rotatable bonds is 4. The highest BCUT2D eigenvalue weighted by molar-refractivity contribution is 6.05. The topological polar surface area (TPSA) is 63.1 Å². The van der Waals surface area contributed by atoms with Crippen LogP contribution in [-0.4, -0.2) is 34.8 Å². The first-order valence-corrected chi connectivity index (χ1v) is 7.98. The van der Waals surface area contributed by atoms with Crippen LogP contribution in [0.1, 0.15) is 15.9 Å². The molecule has 0 spiro atoms. The van der Waals surface area contributed by atoms with Gasteiger partial charge in [0.25, 0.3) is 5.91 Å². The Morgan fingerprint density at radius 1 is 1.16 bits per heavy atom. The van der Waals surface area contributed by atoms with Crippen molar-refractivity contribution >= 4 is 17.3 Å². The van der Waals surface area contributed by atoms with Crippen molar-refractivity contribution in [3.05, 3.63) is 60.0 Å². The van der Waals surface area contributed by atoms with E-state index in [-0.39, 0.29) is 5.91 Å². The van der Waals surface area contributed by atoms with Crippen molar-refractivity contribution in [2.75, 3.05) is 24.3 Å². The van der Waals surface area contributed by atoms with Crippen molar-refractivity contribution in [2.24, 2.45) is 7.05 Å². The number of benzene rings is 1. The van der Waals surface area contributed by atoms with Crippen molar-refractivity contribution in [1.82, 2.24) is 14.8 Å². The Bertz CT molecular complexity index is 914. The van der Waals surface area contributed by atoms with Gasteiger partial charge in [0.05, 0.1) is 23.1 Å². The fourth-order valence-electron chi connectivity index (χ4n) is 2.56. The Kier molecular flexibility index (Phi) is 4.52. The van der Waals surface area contributed by atoms with E-state index in [1.54, 1.807) is 23.3 Å². The summed E-state index contributed by atoms with van der Waals surface area (Å²) in [7, 11) is 5.73. The molecule has 6 heteroatoms. The summed E-state index contributed by atoms with van der Waals surface area (Å²) in [4.78, 5) is 18.7. The number of nitrogens with one attached hydrogen (secondary N) is 1. The van der Waals surface area contributed by atoms with Crippen LogP contribution in [0.4, 0.5) is 11.4 Å². The molecule has 6 nitrogen and oxygen atoms in total. The predicted molar refractivity (Wildman–Crippen MR) is 99.9 cm³/mol. The molecule has 1 aromatic carbocycles. The van der Waals surface area contributed by atoms with E-state index >= 15 is 0 Å². The molecule has 3 aromatic rings. The molecular formula is C19H21N5O. The van der Waals surface area contributed by atoms with Gasteiger partial charge in [0.2, 0.25) is 0 Å². The van der Waals surface area contributed by atoms with E-state index in [4.69, 9.17) is 0 Å². The van der Waals surface area contributed by atoms with E-state index in [0.29, 0.717) is 5.56 Å². The van der Waals surface area contributed by atoms with Crippen molar-refractivity contribution in [2.45, 2.75) is 6.92 Å². The molecule has 2 aromatic heterocycles. The minimum absolute atomic E-state index is 0.179. The number of carbonyl (C=O) groups excluding carboxylic acids is 1. The van der Waals surface area contributed by atoms with E-state index in [2.05, 4.69) is 15.4 Å². The second-order valence-corrected chi connectivity index (χ2v) is 6.15. The Labute approximate surface area is 147 Å². The van der Waals surface area contributed by atoms with Crippen molar-refractivity contribution < 1.29 is 4.79 Å². The molecule has 0 radical (unpaired) electrons. The van der Waals surface area contributed by atoms with Gasteiger partial charge in [-0.05, 0) is 30.7 Å². The van der Waals surface area contributed by atoms with Crippen molar-refractivity contribution in [1.29, 1.82) is 0 Å². The molecule has 0 fully saturated rings. The van der Waals surface area contributed by atoms with Crippen LogP contribution in [0, 0.1) is 6.92 Å². The molecule has 1 N–H and O–H groups in total. The Hall–Kier alpha value is -3.15. The van der Waals surface area contributed by atoms with Gasteiger partial charge in [0.15, 0.2) is 0 Å². The average molecular weight is 335 g/mol. The van der Waals surface area contributed by atoms with Gasteiger partial charge in [-0.3, -0.25) is 14.5 Å².